The first-order chi connectivity index (χ1) is 20.7. The predicted molar refractivity (Wildman–Crippen MR) is 155 cm³/mol. The Morgan fingerprint density at radius 3 is 2.74 bits per heavy atom. The van der Waals surface area contributed by atoms with Crippen LogP contribution in [0.3, 0.4) is 0 Å². The number of nitrogens with one attached hydrogen (secondary N) is 3. The standard InChI is InChI=1S/C31H35N5O7/c1-18-13-24(35-29(39)23-15-20-21(34-23)9-5-10-27(20)42-2)30(40)36(16-18)25(14-19-7-6-12-33-28(19)38)26(37)17-43-31(41)22-8-3-4-11-32-22/h3-5,8-11,15,18-19,24-25,34H,6-7,12-14,16-17H2,1-2H3,(H,33,38)(H,35,39)/t18?,19-,24-,25-/m0/s1. The number of Topliss-reactive ketones (excluding diaryl/α,β-unsaturated/α-hetero) is 1. The van der Waals surface area contributed by atoms with Crippen LogP contribution in [0.4, 0.5) is 0 Å². The van der Waals surface area contributed by atoms with Gasteiger partial charge in [-0.1, -0.05) is 19.1 Å². The fourth-order valence-corrected chi connectivity index (χ4v) is 5.82. The number of likely N-dealkylation sites (tertiary alicyclic amines) is 1. The van der Waals surface area contributed by atoms with E-state index in [2.05, 4.69) is 20.6 Å². The summed E-state index contributed by atoms with van der Waals surface area (Å²) in [6.07, 6.45) is 3.24. The molecule has 1 unspecified atom stereocenters. The SMILES string of the molecule is COc1cccc2[nH]c(C(=O)N[C@H]3CC(C)CN([C@@H](C[C@@H]4CCCNC4=O)C(=O)COC(=O)c4ccccn4)C3=O)cc12. The van der Waals surface area contributed by atoms with Crippen molar-refractivity contribution >= 4 is 40.4 Å². The number of aromatic nitrogens is 2. The molecular weight excluding hydrogens is 554 g/mol. The molecule has 0 bridgehead atoms. The van der Waals surface area contributed by atoms with Gasteiger partial charge in [-0.15, -0.1) is 0 Å². The number of nitrogens with zero attached hydrogens (tertiary/aromatic N) is 2. The average Bonchev–Trinajstić information content (AvgIpc) is 3.46. The zero-order valence-electron chi connectivity index (χ0n) is 24.1. The van der Waals surface area contributed by atoms with E-state index in [4.69, 9.17) is 9.47 Å². The van der Waals surface area contributed by atoms with Gasteiger partial charge in [0.15, 0.2) is 12.4 Å². The van der Waals surface area contributed by atoms with Crippen molar-refractivity contribution in [3.63, 3.8) is 0 Å². The van der Waals surface area contributed by atoms with Crippen molar-refractivity contribution in [2.45, 2.75) is 44.7 Å². The summed E-state index contributed by atoms with van der Waals surface area (Å²) in [6.45, 7) is 2.17. The van der Waals surface area contributed by atoms with E-state index < -0.39 is 48.2 Å². The number of aromatic amines is 1. The van der Waals surface area contributed by atoms with Crippen molar-refractivity contribution in [1.29, 1.82) is 0 Å². The van der Waals surface area contributed by atoms with Gasteiger partial charge in [0, 0.05) is 36.1 Å². The Hall–Kier alpha value is -4.74. The summed E-state index contributed by atoms with van der Waals surface area (Å²) in [5.41, 5.74) is 1.04. The quantitative estimate of drug-likeness (QED) is 0.304. The van der Waals surface area contributed by atoms with E-state index in [9.17, 15) is 24.0 Å². The molecule has 2 saturated heterocycles. The number of H-pyrrole nitrogens is 1. The highest BCUT2D eigenvalue weighted by atomic mass is 16.5. The summed E-state index contributed by atoms with van der Waals surface area (Å²) >= 11 is 0. The van der Waals surface area contributed by atoms with Crippen molar-refractivity contribution in [2.24, 2.45) is 11.8 Å². The highest BCUT2D eigenvalue weighted by Crippen LogP contribution is 2.28. The van der Waals surface area contributed by atoms with Crippen LogP contribution in [-0.4, -0.2) is 83.2 Å². The van der Waals surface area contributed by atoms with E-state index in [0.29, 0.717) is 30.7 Å². The summed E-state index contributed by atoms with van der Waals surface area (Å²) < 4.78 is 10.6. The zero-order valence-corrected chi connectivity index (χ0v) is 24.1. The van der Waals surface area contributed by atoms with Gasteiger partial charge in [0.25, 0.3) is 5.91 Å². The van der Waals surface area contributed by atoms with Gasteiger partial charge >= 0.3 is 5.97 Å². The molecule has 5 rings (SSSR count). The third-order valence-electron chi connectivity index (χ3n) is 8.00. The molecule has 4 heterocycles. The lowest BCUT2D eigenvalue weighted by atomic mass is 9.86. The number of carbonyl (C=O) groups excluding carboxylic acids is 5. The van der Waals surface area contributed by atoms with Crippen LogP contribution in [0.15, 0.2) is 48.7 Å². The molecule has 0 spiro atoms. The second-order valence-corrected chi connectivity index (χ2v) is 11.1. The van der Waals surface area contributed by atoms with Crippen LogP contribution >= 0.6 is 0 Å². The van der Waals surface area contributed by atoms with Crippen molar-refractivity contribution in [2.75, 3.05) is 26.8 Å². The molecule has 226 valence electrons. The van der Waals surface area contributed by atoms with Crippen LogP contribution in [0, 0.1) is 11.8 Å². The molecule has 3 N–H and O–H groups in total. The fourth-order valence-electron chi connectivity index (χ4n) is 5.82. The molecule has 0 aliphatic carbocycles. The maximum Gasteiger partial charge on any atom is 0.357 e. The Morgan fingerprint density at radius 1 is 1.16 bits per heavy atom. The maximum atomic E-state index is 13.8. The van der Waals surface area contributed by atoms with Crippen LogP contribution < -0.4 is 15.4 Å². The monoisotopic (exact) mass is 589 g/mol. The Morgan fingerprint density at radius 2 is 2.00 bits per heavy atom. The van der Waals surface area contributed by atoms with Crippen molar-refractivity contribution in [3.8, 4) is 5.75 Å². The molecule has 0 saturated carbocycles. The lowest BCUT2D eigenvalue weighted by molar-refractivity contribution is -0.147. The van der Waals surface area contributed by atoms with Crippen LogP contribution in [0.1, 0.15) is 53.6 Å². The molecule has 3 amide bonds. The van der Waals surface area contributed by atoms with Crippen molar-refractivity contribution in [3.05, 3.63) is 60.0 Å². The maximum absolute atomic E-state index is 13.8. The summed E-state index contributed by atoms with van der Waals surface area (Å²) in [4.78, 5) is 74.3. The topological polar surface area (TPSA) is 160 Å². The summed E-state index contributed by atoms with van der Waals surface area (Å²) in [5.74, 6) is -2.26. The molecule has 12 heteroatoms. The molecular formula is C31H35N5O7. The zero-order chi connectivity index (χ0) is 30.5. The fraction of sp³-hybridized carbons (Fsp3) is 0.419. The lowest BCUT2D eigenvalue weighted by Gasteiger charge is -2.41. The minimum absolute atomic E-state index is 0.0542. The number of amides is 3. The lowest BCUT2D eigenvalue weighted by Crippen LogP contribution is -2.60. The van der Waals surface area contributed by atoms with E-state index in [0.717, 1.165) is 11.8 Å². The minimum atomic E-state index is -1.02. The highest BCUT2D eigenvalue weighted by Gasteiger charge is 2.42. The second-order valence-electron chi connectivity index (χ2n) is 11.1. The Kier molecular flexibility index (Phi) is 9.03. The van der Waals surface area contributed by atoms with Crippen LogP contribution in [0.5, 0.6) is 5.75 Å². The molecule has 12 nitrogen and oxygen atoms in total. The van der Waals surface area contributed by atoms with Crippen molar-refractivity contribution < 1.29 is 33.4 Å². The Balaban J connectivity index is 1.34. The number of hydrogen-bond acceptors (Lipinski definition) is 8. The van der Waals surface area contributed by atoms with Crippen LogP contribution in [0.25, 0.3) is 10.9 Å². The molecule has 43 heavy (non-hydrogen) atoms. The molecule has 3 aromatic rings. The van der Waals surface area contributed by atoms with Gasteiger partial charge in [0.1, 0.15) is 23.2 Å². The third kappa shape index (κ3) is 6.68. The average molecular weight is 590 g/mol. The molecule has 2 fully saturated rings. The predicted octanol–water partition coefficient (Wildman–Crippen LogP) is 2.25. The van der Waals surface area contributed by atoms with Gasteiger partial charge in [-0.3, -0.25) is 19.2 Å². The number of ketones is 1. The van der Waals surface area contributed by atoms with E-state index in [-0.39, 0.29) is 36.2 Å². The van der Waals surface area contributed by atoms with E-state index in [1.807, 2.05) is 13.0 Å². The molecule has 1 aromatic carbocycles. The van der Waals surface area contributed by atoms with Gasteiger partial charge < -0.3 is 30.0 Å². The van der Waals surface area contributed by atoms with E-state index >= 15 is 0 Å². The number of pyridine rings is 1. The largest absolute Gasteiger partial charge is 0.496 e. The number of hydrogen-bond donors (Lipinski definition) is 3. The minimum Gasteiger partial charge on any atom is -0.496 e. The van der Waals surface area contributed by atoms with Crippen LogP contribution in [-0.2, 0) is 19.1 Å². The summed E-state index contributed by atoms with van der Waals surface area (Å²) in [7, 11) is 1.55. The molecule has 2 aromatic heterocycles. The first-order valence-corrected chi connectivity index (χ1v) is 14.4. The molecule has 2 aliphatic heterocycles. The second kappa shape index (κ2) is 13.1. The number of methoxy groups -OCH3 is 1. The summed E-state index contributed by atoms with van der Waals surface area (Å²) in [5, 5.41) is 6.39. The number of esters is 1. The number of piperidine rings is 2. The van der Waals surface area contributed by atoms with Gasteiger partial charge in [-0.05, 0) is 61.9 Å². The van der Waals surface area contributed by atoms with Crippen molar-refractivity contribution in [1.82, 2.24) is 25.5 Å². The summed E-state index contributed by atoms with van der Waals surface area (Å²) in [6, 6.07) is 9.94. The highest BCUT2D eigenvalue weighted by molar-refractivity contribution is 6.02. The van der Waals surface area contributed by atoms with Gasteiger partial charge in [-0.25, -0.2) is 9.78 Å². The molecule has 4 atom stereocenters. The smallest absolute Gasteiger partial charge is 0.357 e. The first kappa shape index (κ1) is 29.7. The number of ether oxygens (including phenoxy) is 2. The van der Waals surface area contributed by atoms with Gasteiger partial charge in [0.2, 0.25) is 11.8 Å². The third-order valence-corrected chi connectivity index (χ3v) is 8.00. The first-order valence-electron chi connectivity index (χ1n) is 14.4. The number of carbonyl (C=O) groups is 5. The van der Waals surface area contributed by atoms with Crippen LogP contribution in [0.2, 0.25) is 0 Å². The van der Waals surface area contributed by atoms with Gasteiger partial charge in [0.05, 0.1) is 13.2 Å². The van der Waals surface area contributed by atoms with E-state index in [1.165, 1.54) is 17.2 Å². The Bertz CT molecular complexity index is 1520. The number of rotatable bonds is 10. The molecule has 2 aliphatic rings. The number of fused-ring (bicyclic) bond motifs is 1. The van der Waals surface area contributed by atoms with E-state index in [1.54, 1.807) is 37.4 Å². The van der Waals surface area contributed by atoms with Gasteiger partial charge in [-0.2, -0.15) is 0 Å². The number of benzene rings is 1. The normalized spacial score (nSPS) is 21.2. The Labute approximate surface area is 248 Å². The molecule has 0 radical (unpaired) electrons.